The van der Waals surface area contributed by atoms with Crippen molar-refractivity contribution < 1.29 is 29.4 Å². The van der Waals surface area contributed by atoms with Crippen molar-refractivity contribution in [2.75, 3.05) is 11.5 Å². The molecule has 0 aliphatic rings. The Labute approximate surface area is 132 Å². The Kier molecular flexibility index (Phi) is 10.2. The van der Waals surface area contributed by atoms with Gasteiger partial charge in [0.1, 0.15) is 6.04 Å². The van der Waals surface area contributed by atoms with E-state index in [2.05, 4.69) is 5.32 Å². The lowest BCUT2D eigenvalue weighted by Crippen LogP contribution is -2.43. The average molecular weight is 334 g/mol. The quantitative estimate of drug-likeness (QED) is 0.385. The molecule has 22 heavy (non-hydrogen) atoms. The van der Waals surface area contributed by atoms with E-state index in [1.165, 1.54) is 11.8 Å². The minimum Gasteiger partial charge on any atom is -0.481 e. The summed E-state index contributed by atoms with van der Waals surface area (Å²) >= 11 is 1.45. The Morgan fingerprint density at radius 2 is 1.77 bits per heavy atom. The molecule has 0 bridgehead atoms. The molecule has 8 nitrogen and oxygen atoms in total. The van der Waals surface area contributed by atoms with Gasteiger partial charge in [-0.25, -0.2) is 0 Å². The van der Waals surface area contributed by atoms with E-state index in [9.17, 15) is 19.2 Å². The molecule has 0 aliphatic carbocycles. The number of thioether (sulfide) groups is 1. The highest BCUT2D eigenvalue weighted by Crippen LogP contribution is 2.07. The zero-order chi connectivity index (χ0) is 17.1. The molecular formula is C13H22N2O6S. The monoisotopic (exact) mass is 334 g/mol. The molecule has 0 spiro atoms. The lowest BCUT2D eigenvalue weighted by Gasteiger charge is -2.17. The Bertz CT molecular complexity index is 415. The van der Waals surface area contributed by atoms with Crippen molar-refractivity contribution in [3.63, 3.8) is 0 Å². The molecule has 0 fully saturated rings. The Morgan fingerprint density at radius 1 is 1.14 bits per heavy atom. The van der Waals surface area contributed by atoms with Gasteiger partial charge in [-0.2, -0.15) is 11.8 Å². The normalized spacial score (nSPS) is 13.2. The molecule has 0 aromatic heterocycles. The van der Waals surface area contributed by atoms with E-state index < -0.39 is 29.9 Å². The number of carbonyl (C=O) groups excluding carboxylic acids is 2. The van der Waals surface area contributed by atoms with Crippen molar-refractivity contribution in [1.29, 1.82) is 0 Å². The molecule has 0 aromatic rings. The second kappa shape index (κ2) is 11.0. The Balaban J connectivity index is 4.43. The van der Waals surface area contributed by atoms with Crippen LogP contribution in [0.5, 0.6) is 0 Å². The summed E-state index contributed by atoms with van der Waals surface area (Å²) in [5, 5.41) is 19.7. The van der Waals surface area contributed by atoms with Gasteiger partial charge < -0.3 is 21.3 Å². The number of Topliss-reactive ketones (excluding diaryl/α,β-unsaturated/α-hetero) is 1. The second-order valence-corrected chi connectivity index (χ2v) is 5.94. The second-order valence-electron chi connectivity index (χ2n) is 4.62. The van der Waals surface area contributed by atoms with E-state index in [1.54, 1.807) is 0 Å². The molecular weight excluding hydrogens is 312 g/mol. The first-order valence-electron chi connectivity index (χ1n) is 6.87. The van der Waals surface area contributed by atoms with Gasteiger partial charge >= 0.3 is 11.9 Å². The lowest BCUT2D eigenvalue weighted by molar-refractivity contribution is -0.139. The van der Waals surface area contributed by atoms with Crippen LogP contribution in [0.15, 0.2) is 0 Å². The topological polar surface area (TPSA) is 147 Å². The third kappa shape index (κ3) is 9.35. The highest BCUT2D eigenvalue weighted by atomic mass is 32.2. The Morgan fingerprint density at radius 3 is 2.27 bits per heavy atom. The molecule has 9 heteroatoms. The maximum Gasteiger partial charge on any atom is 0.320 e. The van der Waals surface area contributed by atoms with Crippen molar-refractivity contribution in [3.8, 4) is 0 Å². The van der Waals surface area contributed by atoms with Gasteiger partial charge in [0.25, 0.3) is 0 Å². The number of nitrogens with two attached hydrogens (primary N) is 1. The summed E-state index contributed by atoms with van der Waals surface area (Å²) in [5.41, 5.74) is 5.30. The largest absolute Gasteiger partial charge is 0.481 e. The highest BCUT2D eigenvalue weighted by Gasteiger charge is 2.22. The Hall–Kier alpha value is -1.61. The molecule has 2 atom stereocenters. The van der Waals surface area contributed by atoms with Gasteiger partial charge in [-0.05, 0) is 12.2 Å². The van der Waals surface area contributed by atoms with Gasteiger partial charge in [-0.15, -0.1) is 0 Å². The van der Waals surface area contributed by atoms with Crippen LogP contribution in [0.1, 0.15) is 32.6 Å². The first-order chi connectivity index (χ1) is 10.3. The molecule has 2 unspecified atom stereocenters. The number of amides is 1. The van der Waals surface area contributed by atoms with E-state index in [4.69, 9.17) is 15.9 Å². The predicted octanol–water partition coefficient (Wildman–Crippen LogP) is -0.150. The smallest absolute Gasteiger partial charge is 0.320 e. The molecule has 0 saturated heterocycles. The van der Waals surface area contributed by atoms with Gasteiger partial charge in [-0.3, -0.25) is 19.2 Å². The molecule has 0 heterocycles. The fourth-order valence-electron chi connectivity index (χ4n) is 1.53. The molecule has 1 amide bonds. The third-order valence-corrected chi connectivity index (χ3v) is 3.77. The molecule has 0 rings (SSSR count). The van der Waals surface area contributed by atoms with Crippen molar-refractivity contribution in [1.82, 2.24) is 5.32 Å². The van der Waals surface area contributed by atoms with Gasteiger partial charge in [0.05, 0.1) is 12.5 Å². The molecule has 0 radical (unpaired) electrons. The summed E-state index contributed by atoms with van der Waals surface area (Å²) in [6.07, 6.45) is -0.573. The fourth-order valence-corrected chi connectivity index (χ4v) is 2.27. The van der Waals surface area contributed by atoms with Crippen molar-refractivity contribution in [2.45, 2.75) is 44.7 Å². The van der Waals surface area contributed by atoms with Crippen molar-refractivity contribution in [2.24, 2.45) is 5.73 Å². The zero-order valence-electron chi connectivity index (χ0n) is 12.4. The summed E-state index contributed by atoms with van der Waals surface area (Å²) in [4.78, 5) is 44.7. The van der Waals surface area contributed by atoms with Crippen LogP contribution in [-0.4, -0.2) is 57.4 Å². The van der Waals surface area contributed by atoms with Crippen LogP contribution in [0.4, 0.5) is 0 Å². The summed E-state index contributed by atoms with van der Waals surface area (Å²) in [5.74, 6) is -1.98. The van der Waals surface area contributed by atoms with Crippen LogP contribution in [-0.2, 0) is 19.2 Å². The number of carboxylic acids is 2. The highest BCUT2D eigenvalue weighted by molar-refractivity contribution is 7.99. The van der Waals surface area contributed by atoms with Crippen LogP contribution < -0.4 is 11.1 Å². The molecule has 0 aromatic carbocycles. The van der Waals surface area contributed by atoms with E-state index in [0.717, 1.165) is 5.75 Å². The van der Waals surface area contributed by atoms with Crippen LogP contribution in [0.25, 0.3) is 0 Å². The number of aliphatic carboxylic acids is 2. The number of hydrogen-bond donors (Lipinski definition) is 4. The van der Waals surface area contributed by atoms with E-state index >= 15 is 0 Å². The molecule has 0 saturated carbocycles. The van der Waals surface area contributed by atoms with E-state index in [-0.39, 0.29) is 31.5 Å². The van der Waals surface area contributed by atoms with Crippen LogP contribution >= 0.6 is 11.8 Å². The third-order valence-electron chi connectivity index (χ3n) is 2.80. The number of hydrogen-bond acceptors (Lipinski definition) is 6. The summed E-state index contributed by atoms with van der Waals surface area (Å²) < 4.78 is 0. The number of ketones is 1. The molecule has 126 valence electrons. The standard InChI is InChI=1S/C13H22N2O6S/c1-2-22-7-9(10(16)4-6-12(18)19)15-11(17)5-3-8(14)13(20)21/h8-9H,2-7,14H2,1H3,(H,15,17)(H,18,19)(H,20,21). The van der Waals surface area contributed by atoms with Crippen LogP contribution in [0.3, 0.4) is 0 Å². The van der Waals surface area contributed by atoms with Gasteiger partial charge in [0, 0.05) is 18.6 Å². The van der Waals surface area contributed by atoms with Gasteiger partial charge in [0.2, 0.25) is 5.91 Å². The fraction of sp³-hybridized carbons (Fsp3) is 0.692. The first kappa shape index (κ1) is 20.4. The minimum atomic E-state index is -1.19. The van der Waals surface area contributed by atoms with E-state index in [1.807, 2.05) is 6.92 Å². The maximum atomic E-state index is 11.9. The maximum absolute atomic E-state index is 11.9. The molecule has 0 aliphatic heterocycles. The zero-order valence-corrected chi connectivity index (χ0v) is 13.2. The van der Waals surface area contributed by atoms with Gasteiger partial charge in [0.15, 0.2) is 5.78 Å². The first-order valence-corrected chi connectivity index (χ1v) is 8.03. The summed E-state index contributed by atoms with van der Waals surface area (Å²) in [7, 11) is 0. The SMILES string of the molecule is CCSCC(NC(=O)CCC(N)C(=O)O)C(=O)CCC(=O)O. The van der Waals surface area contributed by atoms with Crippen molar-refractivity contribution in [3.05, 3.63) is 0 Å². The average Bonchev–Trinajstić information content (AvgIpc) is 2.46. The van der Waals surface area contributed by atoms with Crippen molar-refractivity contribution >= 4 is 35.4 Å². The van der Waals surface area contributed by atoms with Gasteiger partial charge in [-0.1, -0.05) is 6.92 Å². The van der Waals surface area contributed by atoms with E-state index in [0.29, 0.717) is 5.75 Å². The predicted molar refractivity (Wildman–Crippen MR) is 81.7 cm³/mol. The molecule has 5 N–H and O–H groups in total. The number of carbonyl (C=O) groups is 4. The number of carboxylic acid groups (broad SMARTS) is 2. The lowest BCUT2D eigenvalue weighted by atomic mass is 10.1. The van der Waals surface area contributed by atoms with Crippen LogP contribution in [0, 0.1) is 0 Å². The minimum absolute atomic E-state index is 0.0296. The summed E-state index contributed by atoms with van der Waals surface area (Å²) in [6, 6.07) is -1.89. The van der Waals surface area contributed by atoms with Crippen LogP contribution in [0.2, 0.25) is 0 Å². The summed E-state index contributed by atoms with van der Waals surface area (Å²) in [6.45, 7) is 1.90. The number of nitrogens with one attached hydrogen (secondary N) is 1. The number of rotatable bonds is 12.